The molecule has 0 radical (unpaired) electrons. The summed E-state index contributed by atoms with van der Waals surface area (Å²) in [5.41, 5.74) is 6.90. The highest BCUT2D eigenvalue weighted by Gasteiger charge is 2.39. The molecule has 0 saturated heterocycles. The first-order valence-corrected chi connectivity index (χ1v) is 9.72. The van der Waals surface area contributed by atoms with Gasteiger partial charge in [-0.25, -0.2) is 0 Å². The van der Waals surface area contributed by atoms with Crippen LogP contribution in [0.15, 0.2) is 42.1 Å². The van der Waals surface area contributed by atoms with Crippen molar-refractivity contribution in [3.63, 3.8) is 0 Å². The summed E-state index contributed by atoms with van der Waals surface area (Å²) in [5.74, 6) is -0.281. The second-order valence-corrected chi connectivity index (χ2v) is 8.04. The van der Waals surface area contributed by atoms with E-state index >= 15 is 0 Å². The third kappa shape index (κ3) is 3.59. The van der Waals surface area contributed by atoms with Gasteiger partial charge in [-0.1, -0.05) is 44.2 Å². The molecular weight excluding hydrogens is 348 g/mol. The van der Waals surface area contributed by atoms with Gasteiger partial charge in [0.05, 0.1) is 5.57 Å². The highest BCUT2D eigenvalue weighted by molar-refractivity contribution is 6.36. The number of rotatable bonds is 5. The number of imide groups is 1. The van der Waals surface area contributed by atoms with Gasteiger partial charge in [0, 0.05) is 12.2 Å². The fourth-order valence-corrected chi connectivity index (χ4v) is 3.41. The summed E-state index contributed by atoms with van der Waals surface area (Å²) >= 11 is 0. The smallest absolute Gasteiger partial charge is 0.278 e. The molecule has 4 nitrogen and oxygen atoms in total. The third-order valence-corrected chi connectivity index (χ3v) is 5.38. The second-order valence-electron chi connectivity index (χ2n) is 8.04. The average Bonchev–Trinajstić information content (AvgIpc) is 2.85. The molecule has 2 aromatic carbocycles. The van der Waals surface area contributed by atoms with Crippen LogP contribution in [-0.4, -0.2) is 23.3 Å². The number of carbonyl (C=O) groups excluding carboxylic acids is 2. The summed E-state index contributed by atoms with van der Waals surface area (Å²) in [6.07, 6.45) is 0. The molecule has 2 aromatic rings. The van der Waals surface area contributed by atoms with Crippen molar-refractivity contribution in [3.05, 3.63) is 69.9 Å². The first kappa shape index (κ1) is 19.9. The predicted molar refractivity (Wildman–Crippen MR) is 114 cm³/mol. The van der Waals surface area contributed by atoms with Gasteiger partial charge in [-0.2, -0.15) is 0 Å². The van der Waals surface area contributed by atoms with E-state index < -0.39 is 0 Å². The lowest BCUT2D eigenvalue weighted by molar-refractivity contribution is -0.137. The van der Waals surface area contributed by atoms with Crippen LogP contribution in [0.25, 0.3) is 5.57 Å². The van der Waals surface area contributed by atoms with Crippen LogP contribution in [0, 0.1) is 33.6 Å². The molecule has 0 saturated carbocycles. The van der Waals surface area contributed by atoms with E-state index in [0.717, 1.165) is 33.5 Å². The van der Waals surface area contributed by atoms with Gasteiger partial charge in [0.25, 0.3) is 11.8 Å². The van der Waals surface area contributed by atoms with Gasteiger partial charge in [0.2, 0.25) is 0 Å². The van der Waals surface area contributed by atoms with Gasteiger partial charge in [0.15, 0.2) is 0 Å². The van der Waals surface area contributed by atoms with Crippen molar-refractivity contribution in [1.82, 2.24) is 4.90 Å². The van der Waals surface area contributed by atoms with E-state index in [2.05, 4.69) is 5.32 Å². The quantitative estimate of drug-likeness (QED) is 0.765. The molecule has 3 rings (SSSR count). The first-order valence-electron chi connectivity index (χ1n) is 9.72. The van der Waals surface area contributed by atoms with Crippen LogP contribution in [-0.2, 0) is 9.59 Å². The summed E-state index contributed by atoms with van der Waals surface area (Å²) < 4.78 is 0. The Morgan fingerprint density at radius 2 is 1.61 bits per heavy atom. The number of carbonyl (C=O) groups is 2. The summed E-state index contributed by atoms with van der Waals surface area (Å²) in [6.45, 7) is 12.5. The summed E-state index contributed by atoms with van der Waals surface area (Å²) in [6, 6.07) is 11.8. The van der Waals surface area contributed by atoms with Crippen LogP contribution in [0.3, 0.4) is 0 Å². The fraction of sp³-hybridized carbons (Fsp3) is 0.333. The Morgan fingerprint density at radius 1 is 0.893 bits per heavy atom. The molecule has 1 N–H and O–H groups in total. The maximum atomic E-state index is 13.2. The Hall–Kier alpha value is -2.88. The number of anilines is 1. The topological polar surface area (TPSA) is 49.4 Å². The Kier molecular flexibility index (Phi) is 5.41. The van der Waals surface area contributed by atoms with Crippen LogP contribution < -0.4 is 5.32 Å². The summed E-state index contributed by atoms with van der Waals surface area (Å²) in [4.78, 5) is 27.7. The molecule has 28 heavy (non-hydrogen) atoms. The van der Waals surface area contributed by atoms with Gasteiger partial charge < -0.3 is 5.32 Å². The second kappa shape index (κ2) is 7.63. The Labute approximate surface area is 167 Å². The molecule has 146 valence electrons. The molecule has 0 bridgehead atoms. The molecule has 0 fully saturated rings. The predicted octanol–water partition coefficient (Wildman–Crippen LogP) is 4.77. The third-order valence-electron chi connectivity index (χ3n) is 5.38. The highest BCUT2D eigenvalue weighted by atomic mass is 16.2. The zero-order chi connectivity index (χ0) is 20.6. The monoisotopic (exact) mass is 376 g/mol. The standard InChI is InChI=1S/C24H28N2O2/c1-14(2)13-26-23(27)21(19-11-10-15(3)17(5)12-19)22(24(26)28)25-20-9-7-8-16(4)18(20)6/h7-12,14,25H,13H2,1-6H3. The van der Waals surface area contributed by atoms with Gasteiger partial charge in [-0.05, 0) is 67.5 Å². The minimum Gasteiger partial charge on any atom is -0.350 e. The molecule has 0 aromatic heterocycles. The Morgan fingerprint density at radius 3 is 2.25 bits per heavy atom. The minimum absolute atomic E-state index is 0.203. The summed E-state index contributed by atoms with van der Waals surface area (Å²) in [7, 11) is 0. The number of hydrogen-bond acceptors (Lipinski definition) is 3. The van der Waals surface area contributed by atoms with Gasteiger partial charge in [-0.15, -0.1) is 0 Å². The van der Waals surface area contributed by atoms with E-state index in [1.54, 1.807) is 0 Å². The number of nitrogens with zero attached hydrogens (tertiary/aromatic N) is 1. The van der Waals surface area contributed by atoms with E-state index in [-0.39, 0.29) is 17.7 Å². The SMILES string of the molecule is Cc1ccc(C2=C(Nc3cccc(C)c3C)C(=O)N(CC(C)C)C2=O)cc1C. The number of hydrogen-bond donors (Lipinski definition) is 1. The number of benzene rings is 2. The van der Waals surface area contributed by atoms with Gasteiger partial charge in [0.1, 0.15) is 5.70 Å². The normalized spacial score (nSPS) is 14.5. The molecule has 0 spiro atoms. The van der Waals surface area contributed by atoms with Crippen LogP contribution >= 0.6 is 0 Å². The van der Waals surface area contributed by atoms with Crippen LogP contribution in [0.1, 0.15) is 41.7 Å². The molecule has 0 unspecified atom stereocenters. The van der Waals surface area contributed by atoms with Crippen LogP contribution in [0.2, 0.25) is 0 Å². The van der Waals surface area contributed by atoms with Gasteiger partial charge >= 0.3 is 0 Å². The average molecular weight is 377 g/mol. The highest BCUT2D eigenvalue weighted by Crippen LogP contribution is 2.33. The van der Waals surface area contributed by atoms with E-state index in [1.807, 2.05) is 77.9 Å². The van der Waals surface area contributed by atoms with E-state index in [4.69, 9.17) is 0 Å². The van der Waals surface area contributed by atoms with Crippen molar-refractivity contribution in [2.75, 3.05) is 11.9 Å². The number of amides is 2. The van der Waals surface area contributed by atoms with E-state index in [1.165, 1.54) is 4.90 Å². The molecule has 1 aliphatic rings. The largest absolute Gasteiger partial charge is 0.350 e. The van der Waals surface area contributed by atoms with Crippen molar-refractivity contribution in [3.8, 4) is 0 Å². The zero-order valence-electron chi connectivity index (χ0n) is 17.5. The molecule has 1 aliphatic heterocycles. The molecule has 2 amide bonds. The lowest BCUT2D eigenvalue weighted by Crippen LogP contribution is -2.35. The molecular formula is C24H28N2O2. The maximum Gasteiger partial charge on any atom is 0.278 e. The van der Waals surface area contributed by atoms with Crippen LogP contribution in [0.4, 0.5) is 5.69 Å². The minimum atomic E-state index is -0.257. The number of aryl methyl sites for hydroxylation is 3. The first-order chi connectivity index (χ1) is 13.2. The molecule has 0 atom stereocenters. The van der Waals surface area contributed by atoms with Crippen molar-refractivity contribution in [1.29, 1.82) is 0 Å². The zero-order valence-corrected chi connectivity index (χ0v) is 17.5. The van der Waals surface area contributed by atoms with Crippen molar-refractivity contribution >= 4 is 23.1 Å². The molecule has 4 heteroatoms. The van der Waals surface area contributed by atoms with E-state index in [0.29, 0.717) is 17.8 Å². The fourth-order valence-electron chi connectivity index (χ4n) is 3.41. The van der Waals surface area contributed by atoms with Crippen molar-refractivity contribution in [2.24, 2.45) is 5.92 Å². The van der Waals surface area contributed by atoms with Gasteiger partial charge in [-0.3, -0.25) is 14.5 Å². The van der Waals surface area contributed by atoms with Crippen molar-refractivity contribution < 1.29 is 9.59 Å². The van der Waals surface area contributed by atoms with Crippen LogP contribution in [0.5, 0.6) is 0 Å². The number of nitrogens with one attached hydrogen (secondary N) is 1. The Balaban J connectivity index is 2.13. The summed E-state index contributed by atoms with van der Waals surface area (Å²) in [5, 5.41) is 3.28. The molecule has 0 aliphatic carbocycles. The van der Waals surface area contributed by atoms with Crippen molar-refractivity contribution in [2.45, 2.75) is 41.5 Å². The lowest BCUT2D eigenvalue weighted by Gasteiger charge is -2.18. The Bertz CT molecular complexity index is 986. The maximum absolute atomic E-state index is 13.2. The van der Waals surface area contributed by atoms with E-state index in [9.17, 15) is 9.59 Å². The molecule has 1 heterocycles. The lowest BCUT2D eigenvalue weighted by atomic mass is 9.99.